The van der Waals surface area contributed by atoms with E-state index >= 15 is 0 Å². The number of hydrogen-bond acceptors (Lipinski definition) is 3. The molecule has 112 valence electrons. The van der Waals surface area contributed by atoms with Gasteiger partial charge in [-0.15, -0.1) is 13.2 Å². The second kappa shape index (κ2) is 6.45. The van der Waals surface area contributed by atoms with Crippen molar-refractivity contribution in [3.8, 4) is 5.75 Å². The molecule has 0 atom stereocenters. The predicted octanol–water partition coefficient (Wildman–Crippen LogP) is 3.20. The van der Waals surface area contributed by atoms with Crippen LogP contribution in [0.4, 0.5) is 13.2 Å². The lowest BCUT2D eigenvalue weighted by atomic mass is 9.89. The average Bonchev–Trinajstić information content (AvgIpc) is 2.40. The summed E-state index contributed by atoms with van der Waals surface area (Å²) in [6.07, 6.45) is -2.83. The summed E-state index contributed by atoms with van der Waals surface area (Å²) < 4.78 is 46.4. The first-order chi connectivity index (χ1) is 9.49. The van der Waals surface area contributed by atoms with E-state index in [4.69, 9.17) is 4.74 Å². The highest BCUT2D eigenvalue weighted by Gasteiger charge is 2.32. The van der Waals surface area contributed by atoms with E-state index in [-0.39, 0.29) is 18.3 Å². The zero-order valence-corrected chi connectivity index (χ0v) is 11.3. The van der Waals surface area contributed by atoms with E-state index in [0.717, 1.165) is 31.5 Å². The maximum absolute atomic E-state index is 12.5. The Balaban J connectivity index is 2.24. The minimum Gasteiger partial charge on any atom is -0.405 e. The quantitative estimate of drug-likeness (QED) is 0.923. The number of piperidine rings is 1. The Hall–Kier alpha value is -1.27. The van der Waals surface area contributed by atoms with Crippen LogP contribution in [0, 0.1) is 0 Å². The topological polar surface area (TPSA) is 30.5 Å². The molecule has 0 saturated carbocycles. The molecule has 1 aliphatic rings. The van der Waals surface area contributed by atoms with E-state index in [1.807, 2.05) is 6.07 Å². The number of alkyl halides is 3. The van der Waals surface area contributed by atoms with Crippen LogP contribution in [0.1, 0.15) is 29.9 Å². The molecule has 0 spiro atoms. The van der Waals surface area contributed by atoms with Gasteiger partial charge in [-0.3, -0.25) is 0 Å². The van der Waals surface area contributed by atoms with Crippen molar-refractivity contribution in [3.05, 3.63) is 29.3 Å². The van der Waals surface area contributed by atoms with E-state index < -0.39 is 6.36 Å². The van der Waals surface area contributed by atoms with E-state index in [1.165, 1.54) is 13.2 Å². The van der Waals surface area contributed by atoms with Gasteiger partial charge < -0.3 is 14.8 Å². The average molecular weight is 289 g/mol. The summed E-state index contributed by atoms with van der Waals surface area (Å²) in [6.45, 7) is 1.87. The standard InChI is InChI=1S/C14H18F3NO2/c1-19-9-12-3-2-11(10-4-6-18-7-5-10)8-13(12)20-14(15,16)17/h2-3,8,10,18H,4-7,9H2,1H3. The van der Waals surface area contributed by atoms with Crippen LogP contribution in [0.2, 0.25) is 0 Å². The minimum atomic E-state index is -4.69. The summed E-state index contributed by atoms with van der Waals surface area (Å²) in [5, 5.41) is 3.24. The van der Waals surface area contributed by atoms with Gasteiger partial charge >= 0.3 is 6.36 Å². The molecule has 1 aromatic rings. The number of halogens is 3. The summed E-state index contributed by atoms with van der Waals surface area (Å²) in [5.74, 6) is 0.124. The molecule has 0 amide bonds. The molecule has 1 aliphatic heterocycles. The summed E-state index contributed by atoms with van der Waals surface area (Å²) in [4.78, 5) is 0. The van der Waals surface area contributed by atoms with Crippen molar-refractivity contribution >= 4 is 0 Å². The van der Waals surface area contributed by atoms with E-state index in [9.17, 15) is 13.2 Å². The number of benzene rings is 1. The minimum absolute atomic E-state index is 0.0952. The van der Waals surface area contributed by atoms with Crippen LogP contribution in [-0.2, 0) is 11.3 Å². The van der Waals surface area contributed by atoms with E-state index in [0.29, 0.717) is 5.56 Å². The second-order valence-electron chi connectivity index (χ2n) is 4.87. The van der Waals surface area contributed by atoms with Gasteiger partial charge in [0, 0.05) is 12.7 Å². The fraction of sp³-hybridized carbons (Fsp3) is 0.571. The van der Waals surface area contributed by atoms with Crippen molar-refractivity contribution in [1.82, 2.24) is 5.32 Å². The van der Waals surface area contributed by atoms with Gasteiger partial charge in [0.25, 0.3) is 0 Å². The molecular formula is C14H18F3NO2. The van der Waals surface area contributed by atoms with Crippen LogP contribution >= 0.6 is 0 Å². The maximum Gasteiger partial charge on any atom is 0.573 e. The highest BCUT2D eigenvalue weighted by atomic mass is 19.4. The Morgan fingerprint density at radius 3 is 2.55 bits per heavy atom. The lowest BCUT2D eigenvalue weighted by molar-refractivity contribution is -0.275. The molecule has 0 unspecified atom stereocenters. The molecule has 2 rings (SSSR count). The van der Waals surface area contributed by atoms with E-state index in [2.05, 4.69) is 10.1 Å². The van der Waals surface area contributed by atoms with Crippen LogP contribution in [0.15, 0.2) is 18.2 Å². The third-order valence-corrected chi connectivity index (χ3v) is 3.43. The van der Waals surface area contributed by atoms with Crippen molar-refractivity contribution in [2.75, 3.05) is 20.2 Å². The molecule has 0 bridgehead atoms. The number of nitrogens with one attached hydrogen (secondary N) is 1. The predicted molar refractivity (Wildman–Crippen MR) is 68.7 cm³/mol. The Kier molecular flexibility index (Phi) is 4.88. The number of methoxy groups -OCH3 is 1. The van der Waals surface area contributed by atoms with Gasteiger partial charge in [-0.25, -0.2) is 0 Å². The Bertz CT molecular complexity index is 443. The van der Waals surface area contributed by atoms with Crippen LogP contribution in [0.5, 0.6) is 5.75 Å². The zero-order valence-electron chi connectivity index (χ0n) is 11.3. The van der Waals surface area contributed by atoms with Crippen molar-refractivity contribution < 1.29 is 22.6 Å². The van der Waals surface area contributed by atoms with Crippen LogP contribution < -0.4 is 10.1 Å². The molecule has 1 aromatic carbocycles. The van der Waals surface area contributed by atoms with Gasteiger partial charge in [0.2, 0.25) is 0 Å². The Morgan fingerprint density at radius 1 is 1.25 bits per heavy atom. The maximum atomic E-state index is 12.5. The highest BCUT2D eigenvalue weighted by molar-refractivity contribution is 5.39. The Labute approximate surface area is 116 Å². The Morgan fingerprint density at radius 2 is 1.95 bits per heavy atom. The van der Waals surface area contributed by atoms with Crippen molar-refractivity contribution in [2.45, 2.75) is 31.7 Å². The monoisotopic (exact) mass is 289 g/mol. The van der Waals surface area contributed by atoms with Crippen LogP contribution in [0.25, 0.3) is 0 Å². The molecule has 0 radical (unpaired) electrons. The largest absolute Gasteiger partial charge is 0.573 e. The third kappa shape index (κ3) is 4.11. The van der Waals surface area contributed by atoms with Crippen molar-refractivity contribution in [2.24, 2.45) is 0 Å². The molecule has 3 nitrogen and oxygen atoms in total. The summed E-state index contributed by atoms with van der Waals surface area (Å²) in [7, 11) is 1.44. The highest BCUT2D eigenvalue weighted by Crippen LogP contribution is 2.33. The second-order valence-corrected chi connectivity index (χ2v) is 4.87. The molecule has 6 heteroatoms. The molecular weight excluding hydrogens is 271 g/mol. The molecule has 0 aromatic heterocycles. The molecule has 1 N–H and O–H groups in total. The normalized spacial score (nSPS) is 17.2. The molecule has 1 saturated heterocycles. The fourth-order valence-electron chi connectivity index (χ4n) is 2.47. The first-order valence-electron chi connectivity index (χ1n) is 6.58. The zero-order chi connectivity index (χ0) is 14.6. The van der Waals surface area contributed by atoms with Crippen LogP contribution in [0.3, 0.4) is 0 Å². The molecule has 20 heavy (non-hydrogen) atoms. The molecule has 0 aliphatic carbocycles. The fourth-order valence-corrected chi connectivity index (χ4v) is 2.47. The van der Waals surface area contributed by atoms with Crippen LogP contribution in [-0.4, -0.2) is 26.6 Å². The van der Waals surface area contributed by atoms with Gasteiger partial charge in [0.15, 0.2) is 0 Å². The van der Waals surface area contributed by atoms with E-state index in [1.54, 1.807) is 6.07 Å². The molecule has 1 heterocycles. The lowest BCUT2D eigenvalue weighted by Crippen LogP contribution is -2.26. The van der Waals surface area contributed by atoms with Gasteiger partial charge in [0.1, 0.15) is 5.75 Å². The number of rotatable bonds is 4. The summed E-state index contributed by atoms with van der Waals surface area (Å²) >= 11 is 0. The molecule has 1 fully saturated rings. The van der Waals surface area contributed by atoms with Crippen molar-refractivity contribution in [3.63, 3.8) is 0 Å². The van der Waals surface area contributed by atoms with Gasteiger partial charge in [-0.1, -0.05) is 12.1 Å². The third-order valence-electron chi connectivity index (χ3n) is 3.43. The summed E-state index contributed by atoms with van der Waals surface area (Å²) in [5.41, 5.74) is 1.30. The van der Waals surface area contributed by atoms with Gasteiger partial charge in [0.05, 0.1) is 6.61 Å². The number of ether oxygens (including phenoxy) is 2. The SMILES string of the molecule is COCc1ccc(C2CCNCC2)cc1OC(F)(F)F. The van der Waals surface area contributed by atoms with Crippen molar-refractivity contribution in [1.29, 1.82) is 0 Å². The van der Waals surface area contributed by atoms with Gasteiger partial charge in [-0.05, 0) is 43.5 Å². The van der Waals surface area contributed by atoms with Gasteiger partial charge in [-0.2, -0.15) is 0 Å². The smallest absolute Gasteiger partial charge is 0.405 e. The summed E-state index contributed by atoms with van der Waals surface area (Å²) in [6, 6.07) is 5.02. The first kappa shape index (κ1) is 15.1. The number of hydrogen-bond donors (Lipinski definition) is 1. The lowest BCUT2D eigenvalue weighted by Gasteiger charge is -2.24. The first-order valence-corrected chi connectivity index (χ1v) is 6.58.